The van der Waals surface area contributed by atoms with E-state index >= 15 is 0 Å². The van der Waals surface area contributed by atoms with Crippen LogP contribution in [0.4, 0.5) is 0 Å². The Kier molecular flexibility index (Phi) is 12.0. The number of amides is 2. The number of carbonyl (C=O) groups excluding carboxylic acids is 4. The molecule has 0 unspecified atom stereocenters. The summed E-state index contributed by atoms with van der Waals surface area (Å²) in [5, 5.41) is 8.18. The second-order valence-electron chi connectivity index (χ2n) is 9.32. The summed E-state index contributed by atoms with van der Waals surface area (Å²) in [6.45, 7) is 0. The van der Waals surface area contributed by atoms with Gasteiger partial charge in [-0.25, -0.2) is 20.4 Å². The highest BCUT2D eigenvalue weighted by Crippen LogP contribution is 2.30. The van der Waals surface area contributed by atoms with Crippen LogP contribution in [0.5, 0.6) is 23.0 Å². The lowest BCUT2D eigenvalue weighted by molar-refractivity contribution is -0.129. The molecule has 4 rings (SSSR count). The monoisotopic (exact) mass is 676 g/mol. The molecule has 0 aromatic heterocycles. The number of nitrogens with one attached hydrogen (secondary N) is 2. The molecule has 0 saturated heterocycles. The number of halogens is 2. The van der Waals surface area contributed by atoms with Crippen molar-refractivity contribution in [2.45, 2.75) is 6.42 Å². The topological polar surface area (TPSA) is 154 Å². The van der Waals surface area contributed by atoms with E-state index in [9.17, 15) is 19.2 Å². The van der Waals surface area contributed by atoms with Crippen LogP contribution in [0.2, 0.25) is 10.0 Å². The number of methoxy groups -OCH3 is 2. The first-order chi connectivity index (χ1) is 22.7. The van der Waals surface area contributed by atoms with Crippen LogP contribution in [-0.2, 0) is 9.59 Å². The molecule has 0 fully saturated rings. The van der Waals surface area contributed by atoms with Gasteiger partial charge in [-0.3, -0.25) is 9.59 Å². The van der Waals surface area contributed by atoms with Crippen LogP contribution in [0.1, 0.15) is 38.3 Å². The number of esters is 2. The molecular weight excluding hydrogens is 651 g/mol. The molecule has 2 N–H and O–H groups in total. The predicted octanol–water partition coefficient (Wildman–Crippen LogP) is 5.44. The zero-order valence-electron chi connectivity index (χ0n) is 24.9. The van der Waals surface area contributed by atoms with Crippen molar-refractivity contribution in [1.82, 2.24) is 10.9 Å². The third-order valence-electron chi connectivity index (χ3n) is 6.10. The summed E-state index contributed by atoms with van der Waals surface area (Å²) in [5.74, 6) is -1.92. The van der Waals surface area contributed by atoms with Gasteiger partial charge in [-0.05, 0) is 71.8 Å². The lowest BCUT2D eigenvalue weighted by Crippen LogP contribution is -2.27. The number of hydrazone groups is 2. The minimum atomic E-state index is -0.697. The van der Waals surface area contributed by atoms with Gasteiger partial charge in [0.15, 0.2) is 23.0 Å². The van der Waals surface area contributed by atoms with Crippen molar-refractivity contribution in [3.63, 3.8) is 0 Å². The highest BCUT2D eigenvalue weighted by Gasteiger charge is 2.17. The molecule has 0 heterocycles. The Morgan fingerprint density at radius 1 is 0.617 bits per heavy atom. The Balaban J connectivity index is 1.26. The van der Waals surface area contributed by atoms with Crippen molar-refractivity contribution < 1.29 is 38.1 Å². The van der Waals surface area contributed by atoms with Crippen molar-refractivity contribution in [1.29, 1.82) is 0 Å². The van der Waals surface area contributed by atoms with Crippen molar-refractivity contribution in [2.24, 2.45) is 10.2 Å². The first-order valence-corrected chi connectivity index (χ1v) is 14.4. The lowest BCUT2D eigenvalue weighted by Gasteiger charge is -2.10. The molecule has 240 valence electrons. The molecule has 0 aliphatic heterocycles. The third kappa shape index (κ3) is 9.63. The van der Waals surface area contributed by atoms with E-state index in [2.05, 4.69) is 21.1 Å². The number of ether oxygens (including phenoxy) is 4. The van der Waals surface area contributed by atoms with Gasteiger partial charge in [-0.15, -0.1) is 0 Å². The van der Waals surface area contributed by atoms with E-state index < -0.39 is 30.2 Å². The molecule has 4 aromatic carbocycles. The van der Waals surface area contributed by atoms with E-state index in [0.29, 0.717) is 11.1 Å². The minimum Gasteiger partial charge on any atom is -0.493 e. The van der Waals surface area contributed by atoms with Crippen molar-refractivity contribution in [3.05, 3.63) is 117 Å². The second kappa shape index (κ2) is 16.5. The van der Waals surface area contributed by atoms with Crippen LogP contribution < -0.4 is 29.8 Å². The minimum absolute atomic E-state index is 0.155. The van der Waals surface area contributed by atoms with E-state index in [-0.39, 0.29) is 44.2 Å². The Morgan fingerprint density at radius 2 is 1.02 bits per heavy atom. The normalized spacial score (nSPS) is 10.8. The average molecular weight is 677 g/mol. The second-order valence-corrected chi connectivity index (χ2v) is 10.1. The Morgan fingerprint density at radius 3 is 1.40 bits per heavy atom. The van der Waals surface area contributed by atoms with Crippen LogP contribution in [0, 0.1) is 0 Å². The first-order valence-electron chi connectivity index (χ1n) is 13.6. The van der Waals surface area contributed by atoms with Crippen LogP contribution >= 0.6 is 23.2 Å². The number of carbonyl (C=O) groups is 4. The van der Waals surface area contributed by atoms with E-state index in [1.807, 2.05) is 0 Å². The fraction of sp³-hybridized carbons (Fsp3) is 0.0909. The lowest BCUT2D eigenvalue weighted by atomic mass is 10.2. The van der Waals surface area contributed by atoms with E-state index in [4.69, 9.17) is 42.1 Å². The highest BCUT2D eigenvalue weighted by molar-refractivity contribution is 6.34. The molecule has 0 aliphatic rings. The fourth-order valence-electron chi connectivity index (χ4n) is 3.84. The summed E-state index contributed by atoms with van der Waals surface area (Å²) in [6.07, 6.45) is 2.08. The molecule has 4 aromatic rings. The maximum atomic E-state index is 12.5. The van der Waals surface area contributed by atoms with Crippen LogP contribution in [0.25, 0.3) is 0 Å². The summed E-state index contributed by atoms with van der Waals surface area (Å²) in [4.78, 5) is 49.3. The Labute approximate surface area is 278 Å². The van der Waals surface area contributed by atoms with Gasteiger partial charge >= 0.3 is 11.9 Å². The fourth-order valence-corrected chi connectivity index (χ4v) is 4.27. The van der Waals surface area contributed by atoms with E-state index in [0.717, 1.165) is 0 Å². The average Bonchev–Trinajstić information content (AvgIpc) is 3.06. The molecule has 2 amide bonds. The number of nitrogens with zero attached hydrogens (tertiary/aromatic N) is 2. The molecule has 12 nitrogen and oxygen atoms in total. The molecule has 0 saturated carbocycles. The molecule has 0 spiro atoms. The van der Waals surface area contributed by atoms with Crippen LogP contribution in [0.3, 0.4) is 0 Å². The van der Waals surface area contributed by atoms with Gasteiger partial charge in [-0.1, -0.05) is 47.5 Å². The molecule has 0 atom stereocenters. The molecular formula is C33H26Cl2N4O8. The predicted molar refractivity (Wildman–Crippen MR) is 175 cm³/mol. The zero-order chi connectivity index (χ0) is 33.8. The summed E-state index contributed by atoms with van der Waals surface area (Å²) < 4.78 is 21.4. The standard InChI is InChI=1S/C33H26Cl2N4O8/c1-44-28-15-20(11-13-26(28)46-32(42)22-7-3-5-9-24(22)34)18-36-38-30(40)17-31(41)39-37-19-21-12-14-27(29(16-21)45-2)47-33(43)23-8-4-6-10-25(23)35/h3-16,18-19H,17H2,1-2H3,(H,38,40)(H,39,41). The van der Waals surface area contributed by atoms with Crippen LogP contribution in [-0.4, -0.2) is 50.4 Å². The van der Waals surface area contributed by atoms with Crippen molar-refractivity contribution in [2.75, 3.05) is 14.2 Å². The van der Waals surface area contributed by atoms with Gasteiger partial charge in [0.2, 0.25) is 11.8 Å². The Hall–Kier alpha value is -5.72. The van der Waals surface area contributed by atoms with Gasteiger partial charge in [0.1, 0.15) is 6.42 Å². The molecule has 0 bridgehead atoms. The quantitative estimate of drug-likeness (QED) is 0.0661. The van der Waals surface area contributed by atoms with E-state index in [1.54, 1.807) is 48.5 Å². The maximum absolute atomic E-state index is 12.5. The maximum Gasteiger partial charge on any atom is 0.345 e. The largest absolute Gasteiger partial charge is 0.493 e. The van der Waals surface area contributed by atoms with Crippen molar-refractivity contribution in [3.8, 4) is 23.0 Å². The van der Waals surface area contributed by atoms with Gasteiger partial charge in [0.25, 0.3) is 0 Å². The van der Waals surface area contributed by atoms with Gasteiger partial charge in [0, 0.05) is 0 Å². The molecule has 0 aliphatic carbocycles. The number of benzene rings is 4. The van der Waals surface area contributed by atoms with Gasteiger partial charge in [-0.2, -0.15) is 10.2 Å². The molecule has 0 radical (unpaired) electrons. The molecule has 47 heavy (non-hydrogen) atoms. The SMILES string of the molecule is COc1cc(C=NNC(=O)CC(=O)NN=Cc2ccc(OC(=O)c3ccccc3Cl)c(OC)c2)ccc1OC(=O)c1ccccc1Cl. The number of hydrogen-bond donors (Lipinski definition) is 2. The Bertz CT molecular complexity index is 1730. The molecule has 14 heteroatoms. The zero-order valence-corrected chi connectivity index (χ0v) is 26.4. The smallest absolute Gasteiger partial charge is 0.345 e. The van der Waals surface area contributed by atoms with Crippen molar-refractivity contribution >= 4 is 59.4 Å². The first kappa shape index (κ1) is 34.2. The highest BCUT2D eigenvalue weighted by atomic mass is 35.5. The van der Waals surface area contributed by atoms with E-state index in [1.165, 1.54) is 63.0 Å². The number of hydrogen-bond acceptors (Lipinski definition) is 10. The van der Waals surface area contributed by atoms with Gasteiger partial charge < -0.3 is 18.9 Å². The third-order valence-corrected chi connectivity index (χ3v) is 6.75. The summed E-state index contributed by atoms with van der Waals surface area (Å²) in [6, 6.07) is 22.2. The van der Waals surface area contributed by atoms with Gasteiger partial charge in [0.05, 0.1) is 47.8 Å². The summed E-state index contributed by atoms with van der Waals surface area (Å²) >= 11 is 12.1. The number of rotatable bonds is 12. The summed E-state index contributed by atoms with van der Waals surface area (Å²) in [5.41, 5.74) is 5.90. The van der Waals surface area contributed by atoms with Crippen LogP contribution in [0.15, 0.2) is 95.1 Å². The summed E-state index contributed by atoms with van der Waals surface area (Å²) in [7, 11) is 2.80.